The van der Waals surface area contributed by atoms with Crippen molar-refractivity contribution in [2.45, 2.75) is 52.5 Å². The van der Waals surface area contributed by atoms with Gasteiger partial charge < -0.3 is 10.6 Å². The maximum absolute atomic E-state index is 11.7. The number of hydrogen-bond donors (Lipinski definition) is 2. The third kappa shape index (κ3) is 6.89. The maximum Gasteiger partial charge on any atom is 0.220 e. The monoisotopic (exact) mass is 262 g/mol. The highest BCUT2D eigenvalue weighted by atomic mass is 35.5. The van der Waals surface area contributed by atoms with Gasteiger partial charge in [-0.25, -0.2) is 0 Å². The molecule has 3 nitrogen and oxygen atoms in total. The highest BCUT2D eigenvalue weighted by Crippen LogP contribution is 2.17. The number of hydrogen-bond acceptors (Lipinski definition) is 2. The summed E-state index contributed by atoms with van der Waals surface area (Å²) in [7, 11) is 0. The van der Waals surface area contributed by atoms with Gasteiger partial charge in [-0.2, -0.15) is 0 Å². The Balaban J connectivity index is 0.00000256. The molecule has 1 heterocycles. The molecular formula is C13H27ClN2O. The first-order valence-corrected chi connectivity index (χ1v) is 6.59. The third-order valence-electron chi connectivity index (χ3n) is 3.63. The average Bonchev–Trinajstić information content (AvgIpc) is 2.27. The number of carbonyl (C=O) groups is 1. The van der Waals surface area contributed by atoms with E-state index in [1.165, 1.54) is 12.8 Å². The van der Waals surface area contributed by atoms with Gasteiger partial charge in [0, 0.05) is 12.5 Å². The minimum Gasteiger partial charge on any atom is -0.353 e. The molecule has 4 heteroatoms. The highest BCUT2D eigenvalue weighted by molar-refractivity contribution is 5.85. The number of amides is 1. The number of rotatable bonds is 5. The Kier molecular flexibility index (Phi) is 8.61. The van der Waals surface area contributed by atoms with Crippen LogP contribution < -0.4 is 10.6 Å². The van der Waals surface area contributed by atoms with Gasteiger partial charge in [-0.1, -0.05) is 13.8 Å². The van der Waals surface area contributed by atoms with E-state index in [4.69, 9.17) is 0 Å². The Morgan fingerprint density at radius 1 is 1.29 bits per heavy atom. The molecule has 102 valence electrons. The highest BCUT2D eigenvalue weighted by Gasteiger charge is 2.15. The molecule has 0 aromatic heterocycles. The molecule has 0 aromatic rings. The van der Waals surface area contributed by atoms with E-state index < -0.39 is 0 Å². The van der Waals surface area contributed by atoms with E-state index >= 15 is 0 Å². The van der Waals surface area contributed by atoms with Gasteiger partial charge >= 0.3 is 0 Å². The lowest BCUT2D eigenvalue weighted by molar-refractivity contribution is -0.122. The van der Waals surface area contributed by atoms with Crippen LogP contribution in [0.25, 0.3) is 0 Å². The van der Waals surface area contributed by atoms with Crippen molar-refractivity contribution in [3.63, 3.8) is 0 Å². The summed E-state index contributed by atoms with van der Waals surface area (Å²) in [6.45, 7) is 8.59. The fraction of sp³-hybridized carbons (Fsp3) is 0.923. The summed E-state index contributed by atoms with van der Waals surface area (Å²) >= 11 is 0. The molecule has 1 aliphatic rings. The van der Waals surface area contributed by atoms with Gasteiger partial charge in [0.05, 0.1) is 0 Å². The fourth-order valence-electron chi connectivity index (χ4n) is 2.00. The summed E-state index contributed by atoms with van der Waals surface area (Å²) in [6.07, 6.45) is 4.21. The molecule has 0 spiro atoms. The first-order valence-electron chi connectivity index (χ1n) is 6.59. The van der Waals surface area contributed by atoms with E-state index in [0.717, 1.165) is 25.4 Å². The van der Waals surface area contributed by atoms with Gasteiger partial charge in [0.25, 0.3) is 0 Å². The van der Waals surface area contributed by atoms with Crippen molar-refractivity contribution in [3.8, 4) is 0 Å². The summed E-state index contributed by atoms with van der Waals surface area (Å²) in [5.41, 5.74) is 0. The number of carbonyl (C=O) groups excluding carboxylic acids is 1. The molecule has 0 aliphatic carbocycles. The largest absolute Gasteiger partial charge is 0.353 e. The van der Waals surface area contributed by atoms with Crippen LogP contribution in [0.15, 0.2) is 0 Å². The van der Waals surface area contributed by atoms with Crippen LogP contribution in [0.5, 0.6) is 0 Å². The molecule has 1 saturated heterocycles. The molecule has 1 amide bonds. The molecular weight excluding hydrogens is 236 g/mol. The third-order valence-corrected chi connectivity index (χ3v) is 3.63. The van der Waals surface area contributed by atoms with E-state index in [2.05, 4.69) is 31.4 Å². The normalized spacial score (nSPS) is 18.6. The summed E-state index contributed by atoms with van der Waals surface area (Å²) in [6, 6.07) is 0.292. The van der Waals surface area contributed by atoms with Gasteiger partial charge in [0.2, 0.25) is 5.91 Å². The van der Waals surface area contributed by atoms with E-state index in [1.807, 2.05) is 0 Å². The van der Waals surface area contributed by atoms with E-state index in [9.17, 15) is 4.79 Å². The lowest BCUT2D eigenvalue weighted by Gasteiger charge is -2.23. The zero-order chi connectivity index (χ0) is 12.0. The van der Waals surface area contributed by atoms with E-state index in [1.54, 1.807) is 0 Å². The summed E-state index contributed by atoms with van der Waals surface area (Å²) in [5, 5.41) is 6.41. The minimum absolute atomic E-state index is 0. The van der Waals surface area contributed by atoms with Gasteiger partial charge in [-0.3, -0.25) is 4.79 Å². The van der Waals surface area contributed by atoms with Crippen LogP contribution in [0, 0.1) is 11.8 Å². The molecule has 0 bridgehead atoms. The van der Waals surface area contributed by atoms with Gasteiger partial charge in [0.15, 0.2) is 0 Å². The van der Waals surface area contributed by atoms with Crippen molar-refractivity contribution in [3.05, 3.63) is 0 Å². The molecule has 0 aromatic carbocycles. The van der Waals surface area contributed by atoms with Crippen LogP contribution in [-0.4, -0.2) is 25.0 Å². The zero-order valence-corrected chi connectivity index (χ0v) is 12.1. The van der Waals surface area contributed by atoms with Crippen molar-refractivity contribution in [1.82, 2.24) is 10.6 Å². The van der Waals surface area contributed by atoms with E-state index in [-0.39, 0.29) is 18.3 Å². The predicted octanol–water partition coefficient (Wildman–Crippen LogP) is 2.35. The SMILES string of the molecule is CC(C)C(C)NC(=O)CCC1CCNCC1.Cl. The standard InChI is InChI=1S/C13H26N2O.ClH/c1-10(2)11(3)15-13(16)5-4-12-6-8-14-9-7-12;/h10-12,14H,4-9H2,1-3H3,(H,15,16);1H. The van der Waals surface area contributed by atoms with Crippen LogP contribution in [-0.2, 0) is 4.79 Å². The van der Waals surface area contributed by atoms with Crippen LogP contribution >= 0.6 is 12.4 Å². The molecule has 1 rings (SSSR count). The zero-order valence-electron chi connectivity index (χ0n) is 11.3. The lowest BCUT2D eigenvalue weighted by Crippen LogP contribution is -2.36. The lowest BCUT2D eigenvalue weighted by atomic mass is 9.93. The summed E-state index contributed by atoms with van der Waals surface area (Å²) in [5.74, 6) is 1.49. The average molecular weight is 263 g/mol. The Hall–Kier alpha value is -0.280. The predicted molar refractivity (Wildman–Crippen MR) is 74.5 cm³/mol. The molecule has 0 radical (unpaired) electrons. The minimum atomic E-state index is 0. The maximum atomic E-state index is 11.7. The van der Waals surface area contributed by atoms with Crippen molar-refractivity contribution < 1.29 is 4.79 Å². The van der Waals surface area contributed by atoms with Crippen LogP contribution in [0.2, 0.25) is 0 Å². The van der Waals surface area contributed by atoms with Crippen molar-refractivity contribution in [2.75, 3.05) is 13.1 Å². The van der Waals surface area contributed by atoms with Crippen LogP contribution in [0.1, 0.15) is 46.5 Å². The van der Waals surface area contributed by atoms with Gasteiger partial charge in [-0.15, -0.1) is 12.4 Å². The fourth-order valence-corrected chi connectivity index (χ4v) is 2.00. The molecule has 2 N–H and O–H groups in total. The number of nitrogens with one attached hydrogen (secondary N) is 2. The van der Waals surface area contributed by atoms with Crippen LogP contribution in [0.4, 0.5) is 0 Å². The smallest absolute Gasteiger partial charge is 0.220 e. The quantitative estimate of drug-likeness (QED) is 0.799. The summed E-state index contributed by atoms with van der Waals surface area (Å²) in [4.78, 5) is 11.7. The van der Waals surface area contributed by atoms with Gasteiger partial charge in [0.1, 0.15) is 0 Å². The van der Waals surface area contributed by atoms with E-state index in [0.29, 0.717) is 18.4 Å². The second kappa shape index (κ2) is 8.76. The van der Waals surface area contributed by atoms with Crippen molar-refractivity contribution in [2.24, 2.45) is 11.8 Å². The molecule has 1 aliphatic heterocycles. The number of piperidine rings is 1. The second-order valence-electron chi connectivity index (χ2n) is 5.33. The van der Waals surface area contributed by atoms with Crippen molar-refractivity contribution >= 4 is 18.3 Å². The van der Waals surface area contributed by atoms with Crippen LogP contribution in [0.3, 0.4) is 0 Å². The molecule has 17 heavy (non-hydrogen) atoms. The first-order chi connectivity index (χ1) is 7.59. The Labute approximate surface area is 112 Å². The Bertz CT molecular complexity index is 215. The summed E-state index contributed by atoms with van der Waals surface area (Å²) < 4.78 is 0. The first kappa shape index (κ1) is 16.7. The molecule has 1 atom stereocenters. The molecule has 0 saturated carbocycles. The van der Waals surface area contributed by atoms with Crippen molar-refractivity contribution in [1.29, 1.82) is 0 Å². The number of halogens is 1. The topological polar surface area (TPSA) is 41.1 Å². The second-order valence-corrected chi connectivity index (χ2v) is 5.33. The molecule has 1 unspecified atom stereocenters. The van der Waals surface area contributed by atoms with Gasteiger partial charge in [-0.05, 0) is 51.1 Å². The Morgan fingerprint density at radius 3 is 2.41 bits per heavy atom. The Morgan fingerprint density at radius 2 is 1.88 bits per heavy atom. The molecule has 1 fully saturated rings.